The van der Waals surface area contributed by atoms with Gasteiger partial charge in [0, 0.05) is 37.2 Å². The number of anilines is 1. The molecule has 2 amide bonds. The van der Waals surface area contributed by atoms with Crippen LogP contribution in [0.4, 0.5) is 5.69 Å². The molecule has 1 aromatic heterocycles. The van der Waals surface area contributed by atoms with Crippen molar-refractivity contribution in [3.8, 4) is 0 Å². The van der Waals surface area contributed by atoms with Crippen molar-refractivity contribution in [2.24, 2.45) is 0 Å². The Labute approximate surface area is 188 Å². The maximum absolute atomic E-state index is 13.3. The Balaban J connectivity index is 1.47. The van der Waals surface area contributed by atoms with Gasteiger partial charge < -0.3 is 14.4 Å². The Morgan fingerprint density at radius 2 is 1.88 bits per heavy atom. The van der Waals surface area contributed by atoms with Crippen LogP contribution in [-0.4, -0.2) is 45.4 Å². The summed E-state index contributed by atoms with van der Waals surface area (Å²) >= 11 is 0. The number of carbonyl (C=O) groups is 2. The van der Waals surface area contributed by atoms with Gasteiger partial charge in [-0.1, -0.05) is 30.3 Å². The first kappa shape index (κ1) is 20.7. The van der Waals surface area contributed by atoms with Crippen molar-refractivity contribution in [3.05, 3.63) is 59.9 Å². The van der Waals surface area contributed by atoms with Gasteiger partial charge in [0.1, 0.15) is 12.4 Å². The maximum atomic E-state index is 13.3. The Bertz CT molecular complexity index is 1170. The fraction of sp³-hybridized carbons (Fsp3) is 0.423. The highest BCUT2D eigenvalue weighted by atomic mass is 16.2. The van der Waals surface area contributed by atoms with E-state index in [4.69, 9.17) is 4.98 Å². The van der Waals surface area contributed by atoms with Crippen LogP contribution in [0.3, 0.4) is 0 Å². The second-order valence-corrected chi connectivity index (χ2v) is 9.17. The van der Waals surface area contributed by atoms with E-state index in [2.05, 4.69) is 11.5 Å². The second-order valence-electron chi connectivity index (χ2n) is 9.17. The molecule has 2 unspecified atom stereocenters. The zero-order chi connectivity index (χ0) is 22.2. The molecule has 0 aliphatic carbocycles. The Hall–Kier alpha value is -3.15. The standard InChI is InChI=1S/C26H30N4O2/c1-18-9-3-5-12-22(18)29-16-20(15-24(29)31)26-27-21-11-4-6-13-23(21)30(26)17-25(32)28-14-8-7-10-19(28)2/h3-6,9,11-13,19-20H,7-8,10,14-17H2,1-2H3. The van der Waals surface area contributed by atoms with Crippen molar-refractivity contribution >= 4 is 28.5 Å². The molecule has 6 heteroatoms. The quantitative estimate of drug-likeness (QED) is 0.621. The van der Waals surface area contributed by atoms with Gasteiger partial charge >= 0.3 is 0 Å². The number of para-hydroxylation sites is 3. The lowest BCUT2D eigenvalue weighted by Crippen LogP contribution is -2.43. The number of imidazole rings is 1. The second kappa shape index (κ2) is 8.41. The zero-order valence-electron chi connectivity index (χ0n) is 18.8. The Morgan fingerprint density at radius 3 is 2.69 bits per heavy atom. The van der Waals surface area contributed by atoms with E-state index in [1.165, 1.54) is 6.42 Å². The highest BCUT2D eigenvalue weighted by molar-refractivity contribution is 5.97. The molecule has 5 rings (SSSR count). The van der Waals surface area contributed by atoms with Crippen LogP contribution < -0.4 is 4.90 Å². The number of rotatable bonds is 4. The SMILES string of the molecule is Cc1ccccc1N1CC(c2nc3ccccc3n2CC(=O)N2CCCCC2C)CC1=O. The molecule has 3 aromatic rings. The van der Waals surface area contributed by atoms with Crippen LogP contribution in [0.25, 0.3) is 11.0 Å². The number of amides is 2. The number of aryl methyl sites for hydroxylation is 1. The normalized spacial score (nSPS) is 21.5. The van der Waals surface area contributed by atoms with Crippen molar-refractivity contribution < 1.29 is 9.59 Å². The molecule has 0 radical (unpaired) electrons. The van der Waals surface area contributed by atoms with Gasteiger partial charge in [0.15, 0.2) is 0 Å². The molecule has 2 saturated heterocycles. The molecule has 2 aromatic carbocycles. The summed E-state index contributed by atoms with van der Waals surface area (Å²) in [7, 11) is 0. The molecule has 0 spiro atoms. The first-order chi connectivity index (χ1) is 15.5. The van der Waals surface area contributed by atoms with Gasteiger partial charge in [-0.15, -0.1) is 0 Å². The van der Waals surface area contributed by atoms with E-state index in [0.717, 1.165) is 47.5 Å². The van der Waals surface area contributed by atoms with E-state index in [1.807, 2.05) is 65.3 Å². The van der Waals surface area contributed by atoms with Crippen molar-refractivity contribution in [1.82, 2.24) is 14.5 Å². The van der Waals surface area contributed by atoms with Crippen LogP contribution >= 0.6 is 0 Å². The van der Waals surface area contributed by atoms with Crippen molar-refractivity contribution in [2.75, 3.05) is 18.0 Å². The lowest BCUT2D eigenvalue weighted by atomic mass is 10.0. The summed E-state index contributed by atoms with van der Waals surface area (Å²) < 4.78 is 2.05. The van der Waals surface area contributed by atoms with Gasteiger partial charge in [0.25, 0.3) is 0 Å². The summed E-state index contributed by atoms with van der Waals surface area (Å²) in [5.74, 6) is 1.05. The first-order valence-electron chi connectivity index (χ1n) is 11.6. The molecule has 2 aliphatic heterocycles. The van der Waals surface area contributed by atoms with Gasteiger partial charge in [-0.2, -0.15) is 0 Å². The van der Waals surface area contributed by atoms with Crippen LogP contribution in [0, 0.1) is 6.92 Å². The molecule has 0 saturated carbocycles. The highest BCUT2D eigenvalue weighted by Gasteiger charge is 2.36. The lowest BCUT2D eigenvalue weighted by molar-refractivity contribution is -0.135. The van der Waals surface area contributed by atoms with Crippen LogP contribution in [0.1, 0.15) is 49.9 Å². The average molecular weight is 431 g/mol. The minimum absolute atomic E-state index is 0.0407. The smallest absolute Gasteiger partial charge is 0.242 e. The van der Waals surface area contributed by atoms with Crippen LogP contribution in [-0.2, 0) is 16.1 Å². The number of aromatic nitrogens is 2. The monoisotopic (exact) mass is 430 g/mol. The number of fused-ring (bicyclic) bond motifs is 1. The summed E-state index contributed by atoms with van der Waals surface area (Å²) in [4.78, 5) is 35.0. The largest absolute Gasteiger partial charge is 0.338 e. The first-order valence-corrected chi connectivity index (χ1v) is 11.6. The highest BCUT2D eigenvalue weighted by Crippen LogP contribution is 2.34. The summed E-state index contributed by atoms with van der Waals surface area (Å²) in [5, 5.41) is 0. The number of hydrogen-bond donors (Lipinski definition) is 0. The third kappa shape index (κ3) is 3.68. The number of nitrogens with zero attached hydrogens (tertiary/aromatic N) is 4. The molecular weight excluding hydrogens is 400 g/mol. The minimum Gasteiger partial charge on any atom is -0.338 e. The molecule has 166 valence electrons. The van der Waals surface area contributed by atoms with Gasteiger partial charge in [-0.25, -0.2) is 4.98 Å². The van der Waals surface area contributed by atoms with Crippen LogP contribution in [0.2, 0.25) is 0 Å². The fourth-order valence-corrected chi connectivity index (χ4v) is 5.25. The van der Waals surface area contributed by atoms with Crippen molar-refractivity contribution in [2.45, 2.75) is 58.0 Å². The van der Waals surface area contributed by atoms with Gasteiger partial charge in [-0.05, 0) is 56.9 Å². The summed E-state index contributed by atoms with van der Waals surface area (Å²) in [6, 6.07) is 16.2. The predicted octanol–water partition coefficient (Wildman–Crippen LogP) is 4.27. The minimum atomic E-state index is -0.0407. The summed E-state index contributed by atoms with van der Waals surface area (Å²) in [5.41, 5.74) is 3.89. The Kier molecular flexibility index (Phi) is 5.45. The van der Waals surface area contributed by atoms with Crippen molar-refractivity contribution in [1.29, 1.82) is 0 Å². The van der Waals surface area contributed by atoms with E-state index < -0.39 is 0 Å². The molecule has 2 atom stereocenters. The predicted molar refractivity (Wildman–Crippen MR) is 126 cm³/mol. The third-order valence-electron chi connectivity index (χ3n) is 7.00. The molecule has 2 fully saturated rings. The van der Waals surface area contributed by atoms with Crippen LogP contribution in [0.5, 0.6) is 0 Å². The molecule has 6 nitrogen and oxygen atoms in total. The topological polar surface area (TPSA) is 58.4 Å². The molecule has 0 N–H and O–H groups in total. The average Bonchev–Trinajstić information content (AvgIpc) is 3.35. The molecular formula is C26H30N4O2. The van der Waals surface area contributed by atoms with E-state index >= 15 is 0 Å². The van der Waals surface area contributed by atoms with Crippen LogP contribution in [0.15, 0.2) is 48.5 Å². The summed E-state index contributed by atoms with van der Waals surface area (Å²) in [6.07, 6.45) is 3.72. The van der Waals surface area contributed by atoms with Crippen molar-refractivity contribution in [3.63, 3.8) is 0 Å². The van der Waals surface area contributed by atoms with Gasteiger partial charge in [0.2, 0.25) is 11.8 Å². The zero-order valence-corrected chi connectivity index (χ0v) is 18.8. The maximum Gasteiger partial charge on any atom is 0.242 e. The number of piperidine rings is 1. The molecule has 0 bridgehead atoms. The van der Waals surface area contributed by atoms with E-state index in [-0.39, 0.29) is 30.3 Å². The number of hydrogen-bond acceptors (Lipinski definition) is 3. The molecule has 2 aliphatic rings. The summed E-state index contributed by atoms with van der Waals surface area (Å²) in [6.45, 7) is 5.85. The lowest BCUT2D eigenvalue weighted by Gasteiger charge is -2.33. The number of likely N-dealkylation sites (tertiary alicyclic amines) is 1. The number of carbonyl (C=O) groups excluding carboxylic acids is 2. The fourth-order valence-electron chi connectivity index (χ4n) is 5.25. The van der Waals surface area contributed by atoms with E-state index in [9.17, 15) is 9.59 Å². The molecule has 3 heterocycles. The van der Waals surface area contributed by atoms with Gasteiger partial charge in [0.05, 0.1) is 11.0 Å². The Morgan fingerprint density at radius 1 is 1.09 bits per heavy atom. The van der Waals surface area contributed by atoms with E-state index in [0.29, 0.717) is 13.0 Å². The van der Waals surface area contributed by atoms with E-state index in [1.54, 1.807) is 0 Å². The van der Waals surface area contributed by atoms with Gasteiger partial charge in [-0.3, -0.25) is 9.59 Å². The number of benzene rings is 2. The molecule has 32 heavy (non-hydrogen) atoms. The third-order valence-corrected chi connectivity index (χ3v) is 7.00.